The van der Waals surface area contributed by atoms with E-state index in [0.29, 0.717) is 0 Å². The predicted octanol–water partition coefficient (Wildman–Crippen LogP) is 0.508. The number of aromatic hydroxyl groups is 1. The number of nitrogens with one attached hydrogen (secondary N) is 1. The van der Waals surface area contributed by atoms with Crippen molar-refractivity contribution in [2.24, 2.45) is 0 Å². The molecule has 1 rings (SSSR count). The van der Waals surface area contributed by atoms with Gasteiger partial charge >= 0.3 is 7.60 Å². The van der Waals surface area contributed by atoms with E-state index >= 15 is 0 Å². The zero-order chi connectivity index (χ0) is 11.5. The average Bonchev–Trinajstić information content (AvgIpc) is 1.99. The van der Waals surface area contributed by atoms with Gasteiger partial charge in [0, 0.05) is 11.8 Å². The second-order valence-electron chi connectivity index (χ2n) is 2.92. The molecule has 0 aliphatic rings. The van der Waals surface area contributed by atoms with Gasteiger partial charge in [-0.1, -0.05) is 6.07 Å². The van der Waals surface area contributed by atoms with Crippen LogP contribution in [0.1, 0.15) is 0 Å². The molecule has 6 nitrogen and oxygen atoms in total. The number of hydrogen-bond donors (Lipinski definition) is 4. The summed E-state index contributed by atoms with van der Waals surface area (Å²) in [5.74, 6) is -0.835. The number of carbonyl (C=O) groups excluding carboxylic acids is 1. The molecule has 7 heteroatoms. The third kappa shape index (κ3) is 4.60. The Kier molecular flexibility index (Phi) is 3.47. The van der Waals surface area contributed by atoms with Crippen LogP contribution in [0.15, 0.2) is 24.3 Å². The largest absolute Gasteiger partial charge is 0.508 e. The first-order valence-corrected chi connectivity index (χ1v) is 5.80. The Balaban J connectivity index is 2.63. The molecule has 0 saturated carbocycles. The van der Waals surface area contributed by atoms with Crippen molar-refractivity contribution in [3.8, 4) is 5.75 Å². The fourth-order valence-electron chi connectivity index (χ4n) is 0.971. The number of phenols is 1. The van der Waals surface area contributed by atoms with Crippen LogP contribution in [0.5, 0.6) is 5.75 Å². The Morgan fingerprint density at radius 3 is 2.60 bits per heavy atom. The van der Waals surface area contributed by atoms with Crippen molar-refractivity contribution in [3.63, 3.8) is 0 Å². The van der Waals surface area contributed by atoms with E-state index in [1.54, 1.807) is 0 Å². The molecule has 0 unspecified atom stereocenters. The zero-order valence-electron chi connectivity index (χ0n) is 7.62. The third-order valence-electron chi connectivity index (χ3n) is 1.48. The van der Waals surface area contributed by atoms with Crippen LogP contribution in [0, 0.1) is 0 Å². The van der Waals surface area contributed by atoms with Crippen molar-refractivity contribution in [2.45, 2.75) is 0 Å². The molecule has 0 bridgehead atoms. The lowest BCUT2D eigenvalue weighted by atomic mass is 10.3. The number of phenolic OH excluding ortho intramolecular Hbond substituents is 1. The van der Waals surface area contributed by atoms with Gasteiger partial charge < -0.3 is 20.2 Å². The van der Waals surface area contributed by atoms with Crippen LogP contribution in [0.4, 0.5) is 5.69 Å². The molecule has 82 valence electrons. The molecule has 0 atom stereocenters. The maximum Gasteiger partial charge on any atom is 0.334 e. The number of benzene rings is 1. The van der Waals surface area contributed by atoms with Gasteiger partial charge in [-0.05, 0) is 12.1 Å². The normalized spacial score (nSPS) is 11.1. The van der Waals surface area contributed by atoms with Gasteiger partial charge in [0.25, 0.3) is 0 Å². The Labute approximate surface area is 85.7 Å². The van der Waals surface area contributed by atoms with Gasteiger partial charge in [-0.3, -0.25) is 9.36 Å². The highest BCUT2D eigenvalue weighted by Gasteiger charge is 2.18. The first-order chi connectivity index (χ1) is 6.87. The van der Waals surface area contributed by atoms with E-state index < -0.39 is 19.7 Å². The van der Waals surface area contributed by atoms with Crippen LogP contribution < -0.4 is 5.32 Å². The molecule has 0 fully saturated rings. The summed E-state index contributed by atoms with van der Waals surface area (Å²) < 4.78 is 10.5. The monoisotopic (exact) mass is 231 g/mol. The van der Waals surface area contributed by atoms with E-state index in [4.69, 9.17) is 14.9 Å². The van der Waals surface area contributed by atoms with Gasteiger partial charge in [0.2, 0.25) is 5.91 Å². The van der Waals surface area contributed by atoms with Gasteiger partial charge in [-0.25, -0.2) is 0 Å². The van der Waals surface area contributed by atoms with E-state index in [1.807, 2.05) is 0 Å². The first kappa shape index (κ1) is 11.7. The third-order valence-corrected chi connectivity index (χ3v) is 2.18. The van der Waals surface area contributed by atoms with Gasteiger partial charge in [-0.2, -0.15) is 0 Å². The quantitative estimate of drug-likeness (QED) is 0.567. The smallest absolute Gasteiger partial charge is 0.334 e. The van der Waals surface area contributed by atoms with Crippen molar-refractivity contribution in [1.82, 2.24) is 0 Å². The molecule has 0 aliphatic carbocycles. The predicted molar refractivity (Wildman–Crippen MR) is 53.6 cm³/mol. The summed E-state index contributed by atoms with van der Waals surface area (Å²) in [6.07, 6.45) is -0.872. The van der Waals surface area contributed by atoms with E-state index in [0.717, 1.165) is 0 Å². The van der Waals surface area contributed by atoms with Crippen LogP contribution in [-0.2, 0) is 9.36 Å². The Morgan fingerprint density at radius 2 is 2.07 bits per heavy atom. The molecule has 0 radical (unpaired) electrons. The maximum atomic E-state index is 11.1. The minimum absolute atomic E-state index is 0.0380. The number of rotatable bonds is 3. The number of anilines is 1. The summed E-state index contributed by atoms with van der Waals surface area (Å²) >= 11 is 0. The van der Waals surface area contributed by atoms with Crippen LogP contribution >= 0.6 is 7.60 Å². The fraction of sp³-hybridized carbons (Fsp3) is 0.125. The molecule has 1 aromatic rings. The Hall–Kier alpha value is -1.36. The van der Waals surface area contributed by atoms with Crippen LogP contribution in [0.3, 0.4) is 0 Å². The molecular weight excluding hydrogens is 221 g/mol. The summed E-state index contributed by atoms with van der Waals surface area (Å²) in [7, 11) is -4.35. The second kappa shape index (κ2) is 4.44. The first-order valence-electron chi connectivity index (χ1n) is 4.00. The summed E-state index contributed by atoms with van der Waals surface area (Å²) in [6.45, 7) is 0. The van der Waals surface area contributed by atoms with E-state index in [1.165, 1.54) is 24.3 Å². The van der Waals surface area contributed by atoms with E-state index in [9.17, 15) is 9.36 Å². The lowest BCUT2D eigenvalue weighted by Gasteiger charge is -2.06. The van der Waals surface area contributed by atoms with Gasteiger partial charge in [0.15, 0.2) is 0 Å². The lowest BCUT2D eigenvalue weighted by Crippen LogP contribution is -2.15. The minimum atomic E-state index is -4.35. The Bertz CT molecular complexity index is 413. The van der Waals surface area contributed by atoms with Crippen LogP contribution in [0.25, 0.3) is 0 Å². The van der Waals surface area contributed by atoms with Crippen LogP contribution in [-0.4, -0.2) is 27.0 Å². The second-order valence-corrected chi connectivity index (χ2v) is 4.57. The summed E-state index contributed by atoms with van der Waals surface area (Å²) in [6, 6.07) is 5.69. The summed E-state index contributed by atoms with van der Waals surface area (Å²) in [5, 5.41) is 11.3. The molecule has 0 aromatic heterocycles. The average molecular weight is 231 g/mol. The van der Waals surface area contributed by atoms with Gasteiger partial charge in [-0.15, -0.1) is 0 Å². The number of amides is 1. The fourth-order valence-corrected chi connectivity index (χ4v) is 1.42. The number of carbonyl (C=O) groups is 1. The highest BCUT2D eigenvalue weighted by Crippen LogP contribution is 2.33. The van der Waals surface area contributed by atoms with Crippen molar-refractivity contribution < 1.29 is 24.3 Å². The molecule has 4 N–H and O–H groups in total. The lowest BCUT2D eigenvalue weighted by molar-refractivity contribution is -0.114. The highest BCUT2D eigenvalue weighted by atomic mass is 31.2. The molecule has 0 saturated heterocycles. The molecular formula is C8H10NO5P. The van der Waals surface area contributed by atoms with Crippen LogP contribution in [0.2, 0.25) is 0 Å². The summed E-state index contributed by atoms with van der Waals surface area (Å²) in [5.41, 5.74) is 0.286. The topological polar surface area (TPSA) is 107 Å². The Morgan fingerprint density at radius 1 is 1.40 bits per heavy atom. The standard InChI is InChI=1S/C8H10NO5P/c10-7-3-1-2-6(4-7)9-8(11)5-15(12,13)14/h1-4,10H,5H2,(H,9,11)(H2,12,13,14). The molecule has 1 amide bonds. The van der Waals surface area contributed by atoms with Crippen molar-refractivity contribution in [2.75, 3.05) is 11.5 Å². The summed E-state index contributed by atoms with van der Waals surface area (Å²) in [4.78, 5) is 28.1. The molecule has 0 spiro atoms. The SMILES string of the molecule is O=C(CP(=O)(O)O)Nc1cccc(O)c1. The zero-order valence-corrected chi connectivity index (χ0v) is 8.52. The van der Waals surface area contributed by atoms with E-state index in [-0.39, 0.29) is 11.4 Å². The van der Waals surface area contributed by atoms with Gasteiger partial charge in [0.05, 0.1) is 0 Å². The molecule has 1 aromatic carbocycles. The van der Waals surface area contributed by atoms with Crippen molar-refractivity contribution in [3.05, 3.63) is 24.3 Å². The molecule has 0 aliphatic heterocycles. The molecule has 0 heterocycles. The van der Waals surface area contributed by atoms with E-state index in [2.05, 4.69) is 5.32 Å². The number of hydrogen-bond acceptors (Lipinski definition) is 3. The maximum absolute atomic E-state index is 11.1. The van der Waals surface area contributed by atoms with Crippen molar-refractivity contribution >= 4 is 19.2 Å². The highest BCUT2D eigenvalue weighted by molar-refractivity contribution is 7.52. The van der Waals surface area contributed by atoms with Gasteiger partial charge in [0.1, 0.15) is 11.9 Å². The van der Waals surface area contributed by atoms with Crippen molar-refractivity contribution in [1.29, 1.82) is 0 Å². The minimum Gasteiger partial charge on any atom is -0.508 e. The molecule has 15 heavy (non-hydrogen) atoms.